The van der Waals surface area contributed by atoms with Crippen molar-refractivity contribution in [1.29, 1.82) is 0 Å². The molecule has 5 N–H and O–H groups in total. The van der Waals surface area contributed by atoms with Crippen molar-refractivity contribution in [3.05, 3.63) is 0 Å². The number of aliphatic hydroxyl groups is 3. The van der Waals surface area contributed by atoms with Crippen LogP contribution in [0, 0.1) is 0 Å². The summed E-state index contributed by atoms with van der Waals surface area (Å²) in [5.41, 5.74) is -0.861. The zero-order valence-corrected chi connectivity index (χ0v) is 15.0. The molecule has 0 saturated carbocycles. The van der Waals surface area contributed by atoms with Gasteiger partial charge in [-0.25, -0.2) is 4.79 Å². The highest BCUT2D eigenvalue weighted by Gasteiger charge is 2.45. The number of carbonyl (C=O) groups is 3. The second-order valence-corrected chi connectivity index (χ2v) is 6.67. The molecule has 1 aliphatic rings. The molecule has 4 unspecified atom stereocenters. The summed E-state index contributed by atoms with van der Waals surface area (Å²) >= 11 is 1.03. The molecule has 1 saturated heterocycles. The predicted octanol–water partition coefficient (Wildman–Crippen LogP) is -2.66. The number of amides is 2. The summed E-state index contributed by atoms with van der Waals surface area (Å²) in [7, 11) is 1.18. The molecule has 1 rings (SSSR count). The standard InChI is InChI=1S/C14H24N2O8S/c1-6(18)15-8(13(22)23-3)5-25-14-10(16-7(2)19)12(21)11(20)9(4-17)24-14/h8-12,14,17,20-21H,4-5H2,1-3H3,(H,15,18)(H,16,19)/t8?,9?,10?,11-,12?,14+/m1/s1. The zero-order valence-electron chi connectivity index (χ0n) is 14.2. The fourth-order valence-corrected chi connectivity index (χ4v) is 3.62. The summed E-state index contributed by atoms with van der Waals surface area (Å²) in [4.78, 5) is 34.3. The summed E-state index contributed by atoms with van der Waals surface area (Å²) in [5, 5.41) is 34.3. The molecule has 11 heteroatoms. The number of rotatable bonds is 7. The smallest absolute Gasteiger partial charge is 0.329 e. The number of esters is 1. The fraction of sp³-hybridized carbons (Fsp3) is 0.786. The van der Waals surface area contributed by atoms with Gasteiger partial charge in [0.2, 0.25) is 11.8 Å². The van der Waals surface area contributed by atoms with Crippen LogP contribution in [0.1, 0.15) is 13.8 Å². The molecule has 0 aromatic rings. The molecule has 0 aromatic carbocycles. The Labute approximate surface area is 149 Å². The average molecular weight is 380 g/mol. The minimum atomic E-state index is -1.38. The lowest BCUT2D eigenvalue weighted by molar-refractivity contribution is -0.173. The van der Waals surface area contributed by atoms with E-state index in [2.05, 4.69) is 15.4 Å². The summed E-state index contributed by atoms with van der Waals surface area (Å²) in [6.45, 7) is 1.96. The fourth-order valence-electron chi connectivity index (χ4n) is 2.36. The van der Waals surface area contributed by atoms with E-state index in [-0.39, 0.29) is 5.75 Å². The molecule has 2 amide bonds. The van der Waals surface area contributed by atoms with Crippen molar-refractivity contribution in [2.45, 2.75) is 49.7 Å². The molecule has 144 valence electrons. The Kier molecular flexibility index (Phi) is 8.59. The quantitative estimate of drug-likeness (QED) is 0.298. The maximum absolute atomic E-state index is 11.7. The normalized spacial score (nSPS) is 30.2. The molecule has 0 spiro atoms. The van der Waals surface area contributed by atoms with Gasteiger partial charge < -0.3 is 35.4 Å². The Hall–Kier alpha value is -1.40. The minimum absolute atomic E-state index is 0.0357. The zero-order chi connectivity index (χ0) is 19.1. The van der Waals surface area contributed by atoms with Gasteiger partial charge in [0.1, 0.15) is 29.8 Å². The number of aliphatic hydroxyl groups excluding tert-OH is 3. The third kappa shape index (κ3) is 6.12. The lowest BCUT2D eigenvalue weighted by Gasteiger charge is -2.42. The summed E-state index contributed by atoms with van der Waals surface area (Å²) < 4.78 is 10.1. The van der Waals surface area contributed by atoms with E-state index in [9.17, 15) is 29.7 Å². The van der Waals surface area contributed by atoms with Crippen molar-refractivity contribution in [3.8, 4) is 0 Å². The van der Waals surface area contributed by atoms with Gasteiger partial charge in [0.05, 0.1) is 19.8 Å². The number of carbonyl (C=O) groups excluding carboxylic acids is 3. The van der Waals surface area contributed by atoms with Gasteiger partial charge in [-0.2, -0.15) is 0 Å². The van der Waals surface area contributed by atoms with E-state index in [0.29, 0.717) is 0 Å². The molecule has 6 atom stereocenters. The Bertz CT molecular complexity index is 491. The second-order valence-electron chi connectivity index (χ2n) is 5.54. The van der Waals surface area contributed by atoms with E-state index in [1.165, 1.54) is 21.0 Å². The third-order valence-electron chi connectivity index (χ3n) is 3.54. The summed E-state index contributed by atoms with van der Waals surface area (Å²) in [6.07, 6.45) is -3.80. The molecule has 0 aliphatic carbocycles. The largest absolute Gasteiger partial charge is 0.467 e. The number of methoxy groups -OCH3 is 1. The molecule has 0 radical (unpaired) electrons. The minimum Gasteiger partial charge on any atom is -0.467 e. The van der Waals surface area contributed by atoms with Crippen LogP contribution in [-0.2, 0) is 23.9 Å². The Morgan fingerprint density at radius 2 is 1.84 bits per heavy atom. The molecule has 1 fully saturated rings. The Morgan fingerprint density at radius 3 is 2.32 bits per heavy atom. The first kappa shape index (κ1) is 21.6. The number of thioether (sulfide) groups is 1. The molecule has 1 aliphatic heterocycles. The van der Waals surface area contributed by atoms with Crippen LogP contribution in [0.4, 0.5) is 0 Å². The van der Waals surface area contributed by atoms with Gasteiger partial charge >= 0.3 is 5.97 Å². The first-order chi connectivity index (χ1) is 11.7. The van der Waals surface area contributed by atoms with Gasteiger partial charge in [-0.1, -0.05) is 0 Å². The first-order valence-corrected chi connectivity index (χ1v) is 8.62. The number of hydrogen-bond acceptors (Lipinski definition) is 9. The van der Waals surface area contributed by atoms with E-state index in [4.69, 9.17) is 4.74 Å². The van der Waals surface area contributed by atoms with E-state index >= 15 is 0 Å². The van der Waals surface area contributed by atoms with Crippen molar-refractivity contribution in [1.82, 2.24) is 10.6 Å². The molecule has 10 nitrogen and oxygen atoms in total. The van der Waals surface area contributed by atoms with E-state index in [1.54, 1.807) is 0 Å². The van der Waals surface area contributed by atoms with E-state index in [0.717, 1.165) is 11.8 Å². The van der Waals surface area contributed by atoms with Crippen LogP contribution in [0.15, 0.2) is 0 Å². The summed E-state index contributed by atoms with van der Waals surface area (Å²) in [5.74, 6) is -1.50. The molecular formula is C14H24N2O8S. The van der Waals surface area contributed by atoms with Gasteiger partial charge in [-0.15, -0.1) is 11.8 Å². The van der Waals surface area contributed by atoms with Gasteiger partial charge in [0, 0.05) is 19.6 Å². The highest BCUT2D eigenvalue weighted by atomic mass is 32.2. The molecule has 1 heterocycles. The first-order valence-electron chi connectivity index (χ1n) is 7.57. The number of ether oxygens (including phenoxy) is 2. The van der Waals surface area contributed by atoms with Crippen LogP contribution in [0.2, 0.25) is 0 Å². The Morgan fingerprint density at radius 1 is 1.20 bits per heavy atom. The highest BCUT2D eigenvalue weighted by Crippen LogP contribution is 2.29. The van der Waals surface area contributed by atoms with E-state index < -0.39 is 60.2 Å². The van der Waals surface area contributed by atoms with Crippen molar-refractivity contribution in [3.63, 3.8) is 0 Å². The highest BCUT2D eigenvalue weighted by molar-refractivity contribution is 7.99. The lowest BCUT2D eigenvalue weighted by atomic mass is 9.98. The van der Waals surface area contributed by atoms with Crippen LogP contribution in [-0.4, -0.2) is 88.4 Å². The number of hydrogen-bond donors (Lipinski definition) is 5. The second kappa shape index (κ2) is 9.92. The third-order valence-corrected chi connectivity index (χ3v) is 4.80. The van der Waals surface area contributed by atoms with Crippen molar-refractivity contribution in [2.75, 3.05) is 19.5 Å². The van der Waals surface area contributed by atoms with Gasteiger partial charge in [-0.3, -0.25) is 9.59 Å². The monoisotopic (exact) mass is 380 g/mol. The molecule has 25 heavy (non-hydrogen) atoms. The molecule has 0 bridgehead atoms. The van der Waals surface area contributed by atoms with Gasteiger partial charge in [0.15, 0.2) is 0 Å². The van der Waals surface area contributed by atoms with Crippen LogP contribution in [0.5, 0.6) is 0 Å². The van der Waals surface area contributed by atoms with Crippen LogP contribution in [0.3, 0.4) is 0 Å². The van der Waals surface area contributed by atoms with Crippen LogP contribution in [0.25, 0.3) is 0 Å². The molecule has 0 aromatic heterocycles. The Balaban J connectivity index is 2.86. The van der Waals surface area contributed by atoms with Crippen molar-refractivity contribution >= 4 is 29.5 Å². The summed E-state index contributed by atoms with van der Waals surface area (Å²) in [6, 6.07) is -1.92. The van der Waals surface area contributed by atoms with Crippen LogP contribution < -0.4 is 10.6 Å². The number of nitrogens with one attached hydrogen (secondary N) is 2. The predicted molar refractivity (Wildman–Crippen MR) is 87.4 cm³/mol. The van der Waals surface area contributed by atoms with Crippen molar-refractivity contribution < 1.29 is 39.2 Å². The maximum atomic E-state index is 11.7. The molecular weight excluding hydrogens is 356 g/mol. The van der Waals surface area contributed by atoms with Crippen molar-refractivity contribution in [2.24, 2.45) is 0 Å². The lowest BCUT2D eigenvalue weighted by Crippen LogP contribution is -2.63. The topological polar surface area (TPSA) is 154 Å². The van der Waals surface area contributed by atoms with E-state index in [1.807, 2.05) is 0 Å². The SMILES string of the molecule is COC(=O)C(CS[C@@H]1OC(CO)[C@@H](O)C(O)C1NC(C)=O)NC(C)=O. The van der Waals surface area contributed by atoms with Crippen LogP contribution >= 0.6 is 11.8 Å². The van der Waals surface area contributed by atoms with Gasteiger partial charge in [0.25, 0.3) is 0 Å². The van der Waals surface area contributed by atoms with Gasteiger partial charge in [-0.05, 0) is 0 Å². The maximum Gasteiger partial charge on any atom is 0.329 e. The average Bonchev–Trinajstić information content (AvgIpc) is 2.55.